The summed E-state index contributed by atoms with van der Waals surface area (Å²) in [6.07, 6.45) is 1.26. The second-order valence-electron chi connectivity index (χ2n) is 7.30. The van der Waals surface area contributed by atoms with Gasteiger partial charge in [-0.05, 0) is 37.5 Å². The molecule has 1 saturated heterocycles. The molecular formula is C22H27F2NO3. The molecule has 0 aliphatic carbocycles. The molecule has 6 heteroatoms. The fraction of sp³-hybridized carbons (Fsp3) is 0.455. The van der Waals surface area contributed by atoms with Gasteiger partial charge in [0.2, 0.25) is 0 Å². The average Bonchev–Trinajstić information content (AvgIpc) is 3.16. The van der Waals surface area contributed by atoms with E-state index in [9.17, 15) is 13.9 Å². The Hall–Kier alpha value is -2.02. The molecule has 0 aromatic heterocycles. The summed E-state index contributed by atoms with van der Waals surface area (Å²) in [4.78, 5) is 1.94. The number of nitrogens with zero attached hydrogens (tertiary/aromatic N) is 1. The van der Waals surface area contributed by atoms with Crippen LogP contribution in [0.5, 0.6) is 5.75 Å². The quantitative estimate of drug-likeness (QED) is 0.708. The fourth-order valence-corrected chi connectivity index (χ4v) is 3.43. The minimum atomic E-state index is -0.746. The van der Waals surface area contributed by atoms with E-state index in [-0.39, 0.29) is 19.3 Å². The molecule has 1 aliphatic rings. The van der Waals surface area contributed by atoms with E-state index in [2.05, 4.69) is 0 Å². The summed E-state index contributed by atoms with van der Waals surface area (Å²) in [7, 11) is 0. The highest BCUT2D eigenvalue weighted by molar-refractivity contribution is 5.31. The molecule has 0 amide bonds. The molecule has 152 valence electrons. The van der Waals surface area contributed by atoms with Crippen molar-refractivity contribution in [3.05, 3.63) is 65.2 Å². The van der Waals surface area contributed by atoms with E-state index in [1.807, 2.05) is 36.1 Å². The molecule has 28 heavy (non-hydrogen) atoms. The highest BCUT2D eigenvalue weighted by Crippen LogP contribution is 2.19. The zero-order chi connectivity index (χ0) is 19.9. The first-order valence-electron chi connectivity index (χ1n) is 9.65. The van der Waals surface area contributed by atoms with E-state index in [4.69, 9.17) is 9.47 Å². The number of aryl methyl sites for hydroxylation is 1. The molecule has 0 bridgehead atoms. The van der Waals surface area contributed by atoms with Crippen LogP contribution in [0.15, 0.2) is 42.5 Å². The van der Waals surface area contributed by atoms with Crippen LogP contribution in [0.4, 0.5) is 8.78 Å². The van der Waals surface area contributed by atoms with Gasteiger partial charge in [-0.25, -0.2) is 8.78 Å². The van der Waals surface area contributed by atoms with Crippen LogP contribution in [0.2, 0.25) is 0 Å². The van der Waals surface area contributed by atoms with Crippen molar-refractivity contribution in [2.24, 2.45) is 0 Å². The maximum Gasteiger partial charge on any atom is 0.130 e. The van der Waals surface area contributed by atoms with Gasteiger partial charge in [-0.2, -0.15) is 0 Å². The van der Waals surface area contributed by atoms with Gasteiger partial charge in [0.25, 0.3) is 0 Å². The number of hydrogen-bond acceptors (Lipinski definition) is 4. The Kier molecular flexibility index (Phi) is 7.36. The van der Waals surface area contributed by atoms with Crippen molar-refractivity contribution in [2.75, 3.05) is 26.3 Å². The third kappa shape index (κ3) is 5.99. The largest absolute Gasteiger partial charge is 0.491 e. The van der Waals surface area contributed by atoms with Crippen LogP contribution in [0.25, 0.3) is 0 Å². The molecule has 0 spiro atoms. The molecular weight excluding hydrogens is 364 g/mol. The predicted molar refractivity (Wildman–Crippen MR) is 103 cm³/mol. The van der Waals surface area contributed by atoms with E-state index in [1.165, 1.54) is 12.1 Å². The first kappa shape index (κ1) is 20.7. The highest BCUT2D eigenvalue weighted by Gasteiger charge is 2.22. The number of hydrogen-bond donors (Lipinski definition) is 1. The van der Waals surface area contributed by atoms with Crippen molar-refractivity contribution < 1.29 is 23.4 Å². The molecule has 0 unspecified atom stereocenters. The van der Waals surface area contributed by atoms with E-state index < -0.39 is 17.7 Å². The van der Waals surface area contributed by atoms with Crippen molar-refractivity contribution in [2.45, 2.75) is 38.5 Å². The molecule has 1 heterocycles. The number of ether oxygens (including phenoxy) is 2. The molecule has 3 rings (SSSR count). The second-order valence-corrected chi connectivity index (χ2v) is 7.30. The van der Waals surface area contributed by atoms with Crippen molar-refractivity contribution >= 4 is 0 Å². The Morgan fingerprint density at radius 1 is 1.25 bits per heavy atom. The lowest BCUT2D eigenvalue weighted by molar-refractivity contribution is 0.0309. The number of halogens is 2. The topological polar surface area (TPSA) is 41.9 Å². The fourth-order valence-electron chi connectivity index (χ4n) is 3.43. The van der Waals surface area contributed by atoms with E-state index in [1.54, 1.807) is 0 Å². The SMILES string of the molecule is Cc1ccccc1OC[C@@H](O)CN(Cc1ccc(F)cc1F)C[C@@H]1CCCO1. The minimum absolute atomic E-state index is 0.0630. The van der Waals surface area contributed by atoms with E-state index in [0.717, 1.165) is 36.8 Å². The summed E-state index contributed by atoms with van der Waals surface area (Å²) < 4.78 is 38.7. The zero-order valence-electron chi connectivity index (χ0n) is 16.1. The normalized spacial score (nSPS) is 17.8. The van der Waals surface area contributed by atoms with Crippen LogP contribution in [-0.4, -0.2) is 48.5 Å². The van der Waals surface area contributed by atoms with Crippen LogP contribution in [0, 0.1) is 18.6 Å². The van der Waals surface area contributed by atoms with Gasteiger partial charge < -0.3 is 14.6 Å². The van der Waals surface area contributed by atoms with Gasteiger partial charge in [0.15, 0.2) is 0 Å². The number of benzene rings is 2. The summed E-state index contributed by atoms with van der Waals surface area (Å²) in [5.74, 6) is -0.446. The Bertz CT molecular complexity index is 765. The van der Waals surface area contributed by atoms with E-state index >= 15 is 0 Å². The van der Waals surface area contributed by atoms with Crippen molar-refractivity contribution in [1.29, 1.82) is 0 Å². The van der Waals surface area contributed by atoms with Crippen LogP contribution >= 0.6 is 0 Å². The van der Waals surface area contributed by atoms with Crippen molar-refractivity contribution in [3.8, 4) is 5.75 Å². The van der Waals surface area contributed by atoms with Crippen molar-refractivity contribution in [3.63, 3.8) is 0 Å². The van der Waals surface area contributed by atoms with Crippen LogP contribution in [0.1, 0.15) is 24.0 Å². The van der Waals surface area contributed by atoms with Gasteiger partial charge >= 0.3 is 0 Å². The third-order valence-corrected chi connectivity index (χ3v) is 4.89. The summed E-state index contributed by atoms with van der Waals surface area (Å²) in [5, 5.41) is 10.5. The van der Waals surface area contributed by atoms with Gasteiger partial charge in [0.05, 0.1) is 6.10 Å². The maximum absolute atomic E-state index is 14.1. The zero-order valence-corrected chi connectivity index (χ0v) is 16.1. The molecule has 4 nitrogen and oxygen atoms in total. The first-order valence-corrected chi connectivity index (χ1v) is 9.65. The lowest BCUT2D eigenvalue weighted by Crippen LogP contribution is -2.39. The Morgan fingerprint density at radius 2 is 2.07 bits per heavy atom. The third-order valence-electron chi connectivity index (χ3n) is 4.89. The molecule has 1 N–H and O–H groups in total. The molecule has 0 radical (unpaired) electrons. The number of aliphatic hydroxyl groups excluding tert-OH is 1. The second kappa shape index (κ2) is 9.96. The number of rotatable bonds is 9. The van der Waals surface area contributed by atoms with Crippen LogP contribution in [-0.2, 0) is 11.3 Å². The predicted octanol–water partition coefficient (Wildman–Crippen LogP) is 3.69. The molecule has 2 atom stereocenters. The minimum Gasteiger partial charge on any atom is -0.491 e. The molecule has 1 fully saturated rings. The number of aliphatic hydroxyl groups is 1. The van der Waals surface area contributed by atoms with Gasteiger partial charge in [0, 0.05) is 37.9 Å². The lowest BCUT2D eigenvalue weighted by Gasteiger charge is -2.27. The van der Waals surface area contributed by atoms with Crippen molar-refractivity contribution in [1.82, 2.24) is 4.90 Å². The van der Waals surface area contributed by atoms with Gasteiger partial charge in [0.1, 0.15) is 30.1 Å². The van der Waals surface area contributed by atoms with Gasteiger partial charge in [-0.15, -0.1) is 0 Å². The molecule has 0 saturated carbocycles. The summed E-state index contributed by atoms with van der Waals surface area (Å²) >= 11 is 0. The number of para-hydroxylation sites is 1. The Morgan fingerprint density at radius 3 is 2.79 bits per heavy atom. The molecule has 1 aliphatic heterocycles. The first-order chi connectivity index (χ1) is 13.5. The van der Waals surface area contributed by atoms with E-state index in [0.29, 0.717) is 18.7 Å². The standard InChI is InChI=1S/C22H27F2NO3/c1-16-5-2-3-7-22(16)28-15-19(26)13-25(14-20-6-4-10-27-20)12-17-8-9-18(23)11-21(17)24/h2-3,5,7-9,11,19-20,26H,4,6,10,12-15H2,1H3/t19-,20-/m0/s1. The summed E-state index contributed by atoms with van der Waals surface area (Å²) in [5.41, 5.74) is 1.39. The van der Waals surface area contributed by atoms with Crippen LogP contribution in [0.3, 0.4) is 0 Å². The average molecular weight is 391 g/mol. The van der Waals surface area contributed by atoms with Gasteiger partial charge in [-0.1, -0.05) is 24.3 Å². The summed E-state index contributed by atoms with van der Waals surface area (Å²) in [6.45, 7) is 3.97. The summed E-state index contributed by atoms with van der Waals surface area (Å²) in [6, 6.07) is 11.2. The molecule has 2 aromatic carbocycles. The monoisotopic (exact) mass is 391 g/mol. The smallest absolute Gasteiger partial charge is 0.130 e. The molecule has 2 aromatic rings. The van der Waals surface area contributed by atoms with Crippen LogP contribution < -0.4 is 4.74 Å². The highest BCUT2D eigenvalue weighted by atomic mass is 19.1. The maximum atomic E-state index is 14.1. The Labute approximate surface area is 164 Å². The lowest BCUT2D eigenvalue weighted by atomic mass is 10.1. The Balaban J connectivity index is 1.61. The van der Waals surface area contributed by atoms with Gasteiger partial charge in [-0.3, -0.25) is 4.90 Å².